The zero-order valence-corrected chi connectivity index (χ0v) is 10.4. The van der Waals surface area contributed by atoms with Crippen molar-refractivity contribution in [3.05, 3.63) is 47.3 Å². The van der Waals surface area contributed by atoms with E-state index in [1.165, 1.54) is 11.1 Å². The first kappa shape index (κ1) is 11.5. The fraction of sp³-hybridized carbons (Fsp3) is 0.154. The Balaban J connectivity index is 1.84. The molecule has 3 aromatic rings. The highest BCUT2D eigenvalue weighted by molar-refractivity contribution is 5.51. The summed E-state index contributed by atoms with van der Waals surface area (Å²) < 4.78 is 5.19. The molecule has 1 aromatic carbocycles. The van der Waals surface area contributed by atoms with Gasteiger partial charge in [0.15, 0.2) is 5.82 Å². The topological polar surface area (TPSA) is 93.6 Å². The van der Waals surface area contributed by atoms with Crippen LogP contribution in [-0.2, 0) is 6.42 Å². The average Bonchev–Trinajstić information content (AvgIpc) is 3.01. The Kier molecular flexibility index (Phi) is 2.75. The maximum Gasteiger partial charge on any atom is 0.276 e. The van der Waals surface area contributed by atoms with Gasteiger partial charge in [0.25, 0.3) is 5.89 Å². The number of rotatable bonds is 3. The number of nitrogens with one attached hydrogen (secondary N) is 1. The number of nitrogens with two attached hydrogens (primary N) is 1. The maximum atomic E-state index is 5.53. The number of hydrogen-bond donors (Lipinski definition) is 2. The second-order valence-corrected chi connectivity index (χ2v) is 4.33. The van der Waals surface area contributed by atoms with Crippen LogP contribution in [0.5, 0.6) is 0 Å². The van der Waals surface area contributed by atoms with E-state index in [0.717, 1.165) is 0 Å². The van der Waals surface area contributed by atoms with Gasteiger partial charge in [0, 0.05) is 12.5 Å². The van der Waals surface area contributed by atoms with Crippen LogP contribution in [0.2, 0.25) is 0 Å². The average molecular weight is 255 g/mol. The monoisotopic (exact) mass is 255 g/mol. The molecule has 3 N–H and O–H groups in total. The number of aromatic amines is 1. The minimum absolute atomic E-state index is 0.396. The summed E-state index contributed by atoms with van der Waals surface area (Å²) in [5.74, 6) is 1.43. The molecule has 0 aliphatic carbocycles. The SMILES string of the molecule is Cc1ccccc1Cc1noc(-c2cc(N)n[nH]2)n1. The second-order valence-electron chi connectivity index (χ2n) is 4.33. The van der Waals surface area contributed by atoms with Crippen molar-refractivity contribution in [2.24, 2.45) is 0 Å². The first-order chi connectivity index (χ1) is 9.22. The van der Waals surface area contributed by atoms with Crippen LogP contribution in [0.25, 0.3) is 11.6 Å². The molecule has 0 spiro atoms. The van der Waals surface area contributed by atoms with Crippen LogP contribution in [0.3, 0.4) is 0 Å². The first-order valence-corrected chi connectivity index (χ1v) is 5.91. The molecule has 2 aromatic heterocycles. The summed E-state index contributed by atoms with van der Waals surface area (Å²) in [7, 11) is 0. The lowest BCUT2D eigenvalue weighted by Gasteiger charge is -2.00. The molecule has 3 rings (SSSR count). The largest absolute Gasteiger partial charge is 0.382 e. The molecule has 0 aliphatic heterocycles. The molecule has 0 aliphatic rings. The molecule has 0 saturated heterocycles. The van der Waals surface area contributed by atoms with Crippen molar-refractivity contribution in [2.75, 3.05) is 5.73 Å². The van der Waals surface area contributed by atoms with E-state index in [1.54, 1.807) is 6.07 Å². The Labute approximate surface area is 109 Å². The molecular formula is C13H13N5O. The maximum absolute atomic E-state index is 5.53. The molecule has 0 amide bonds. The Morgan fingerprint density at radius 2 is 2.16 bits per heavy atom. The summed E-state index contributed by atoms with van der Waals surface area (Å²) in [5.41, 5.74) is 8.55. The summed E-state index contributed by atoms with van der Waals surface area (Å²) in [6, 6.07) is 9.78. The third kappa shape index (κ3) is 2.33. The zero-order valence-electron chi connectivity index (χ0n) is 10.4. The van der Waals surface area contributed by atoms with Gasteiger partial charge in [-0.15, -0.1) is 0 Å². The highest BCUT2D eigenvalue weighted by atomic mass is 16.5. The number of H-pyrrole nitrogens is 1. The van der Waals surface area contributed by atoms with E-state index >= 15 is 0 Å². The van der Waals surface area contributed by atoms with Gasteiger partial charge in [0.1, 0.15) is 11.5 Å². The minimum Gasteiger partial charge on any atom is -0.382 e. The molecule has 0 fully saturated rings. The summed E-state index contributed by atoms with van der Waals surface area (Å²) in [4.78, 5) is 4.33. The lowest BCUT2D eigenvalue weighted by Crippen LogP contribution is -1.93. The van der Waals surface area contributed by atoms with Crippen molar-refractivity contribution >= 4 is 5.82 Å². The van der Waals surface area contributed by atoms with E-state index in [0.29, 0.717) is 29.6 Å². The van der Waals surface area contributed by atoms with Crippen molar-refractivity contribution in [1.29, 1.82) is 0 Å². The van der Waals surface area contributed by atoms with Gasteiger partial charge < -0.3 is 10.3 Å². The quantitative estimate of drug-likeness (QED) is 0.746. The van der Waals surface area contributed by atoms with Crippen LogP contribution in [0.15, 0.2) is 34.9 Å². The molecule has 2 heterocycles. The highest BCUT2D eigenvalue weighted by Crippen LogP contribution is 2.18. The van der Waals surface area contributed by atoms with Crippen LogP contribution in [0.4, 0.5) is 5.82 Å². The van der Waals surface area contributed by atoms with Crippen LogP contribution >= 0.6 is 0 Å². The van der Waals surface area contributed by atoms with Crippen molar-refractivity contribution < 1.29 is 4.52 Å². The Hall–Kier alpha value is -2.63. The van der Waals surface area contributed by atoms with Gasteiger partial charge in [-0.3, -0.25) is 5.10 Å². The highest BCUT2D eigenvalue weighted by Gasteiger charge is 2.12. The van der Waals surface area contributed by atoms with E-state index in [4.69, 9.17) is 10.3 Å². The Morgan fingerprint density at radius 3 is 2.89 bits per heavy atom. The summed E-state index contributed by atoms with van der Waals surface area (Å²) in [6.45, 7) is 2.06. The Morgan fingerprint density at radius 1 is 1.32 bits per heavy atom. The van der Waals surface area contributed by atoms with Crippen LogP contribution in [0.1, 0.15) is 17.0 Å². The number of aryl methyl sites for hydroxylation is 1. The molecule has 0 saturated carbocycles. The van der Waals surface area contributed by atoms with E-state index < -0.39 is 0 Å². The van der Waals surface area contributed by atoms with Crippen molar-refractivity contribution in [2.45, 2.75) is 13.3 Å². The van der Waals surface area contributed by atoms with Crippen molar-refractivity contribution in [1.82, 2.24) is 20.3 Å². The number of hydrogen-bond acceptors (Lipinski definition) is 5. The van der Waals surface area contributed by atoms with Crippen LogP contribution in [-0.4, -0.2) is 20.3 Å². The number of nitrogens with zero attached hydrogens (tertiary/aromatic N) is 3. The fourth-order valence-corrected chi connectivity index (χ4v) is 1.86. The van der Waals surface area contributed by atoms with Crippen molar-refractivity contribution in [3.63, 3.8) is 0 Å². The zero-order chi connectivity index (χ0) is 13.2. The number of anilines is 1. The molecule has 6 heteroatoms. The van der Waals surface area contributed by atoms with Gasteiger partial charge in [0.05, 0.1) is 0 Å². The molecule has 0 unspecified atom stereocenters. The van der Waals surface area contributed by atoms with Gasteiger partial charge in [-0.2, -0.15) is 10.1 Å². The lowest BCUT2D eigenvalue weighted by atomic mass is 10.1. The van der Waals surface area contributed by atoms with Crippen LogP contribution < -0.4 is 5.73 Å². The molecule has 19 heavy (non-hydrogen) atoms. The van der Waals surface area contributed by atoms with Crippen LogP contribution in [0, 0.1) is 6.92 Å². The smallest absolute Gasteiger partial charge is 0.276 e. The molecule has 0 atom stereocenters. The molecule has 6 nitrogen and oxygen atoms in total. The van der Waals surface area contributed by atoms with Gasteiger partial charge in [0.2, 0.25) is 0 Å². The molecule has 0 radical (unpaired) electrons. The second kappa shape index (κ2) is 4.56. The van der Waals surface area contributed by atoms with E-state index in [-0.39, 0.29) is 0 Å². The summed E-state index contributed by atoms with van der Waals surface area (Å²) in [6.07, 6.45) is 0.639. The third-order valence-corrected chi connectivity index (χ3v) is 2.91. The van der Waals surface area contributed by atoms with E-state index in [2.05, 4.69) is 39.4 Å². The fourth-order valence-electron chi connectivity index (χ4n) is 1.86. The van der Waals surface area contributed by atoms with Gasteiger partial charge >= 0.3 is 0 Å². The predicted molar refractivity (Wildman–Crippen MR) is 70.3 cm³/mol. The first-order valence-electron chi connectivity index (χ1n) is 5.91. The number of benzene rings is 1. The summed E-state index contributed by atoms with van der Waals surface area (Å²) >= 11 is 0. The summed E-state index contributed by atoms with van der Waals surface area (Å²) in [5, 5.41) is 10.5. The lowest BCUT2D eigenvalue weighted by molar-refractivity contribution is 0.422. The van der Waals surface area contributed by atoms with E-state index in [9.17, 15) is 0 Å². The predicted octanol–water partition coefficient (Wildman–Crippen LogP) is 1.94. The molecular weight excluding hydrogens is 242 g/mol. The Bertz CT molecular complexity index is 700. The molecule has 0 bridgehead atoms. The van der Waals surface area contributed by atoms with Gasteiger partial charge in [-0.1, -0.05) is 29.4 Å². The molecule has 96 valence electrons. The van der Waals surface area contributed by atoms with E-state index in [1.807, 2.05) is 12.1 Å². The van der Waals surface area contributed by atoms with Crippen molar-refractivity contribution in [3.8, 4) is 11.6 Å². The van der Waals surface area contributed by atoms with Gasteiger partial charge in [-0.25, -0.2) is 0 Å². The minimum atomic E-state index is 0.396. The third-order valence-electron chi connectivity index (χ3n) is 2.91. The normalized spacial score (nSPS) is 10.8. The number of aromatic nitrogens is 4. The van der Waals surface area contributed by atoms with Gasteiger partial charge in [-0.05, 0) is 18.1 Å². The number of nitrogen functional groups attached to an aromatic ring is 1. The standard InChI is InChI=1S/C13H13N5O/c1-8-4-2-3-5-9(8)6-12-15-13(19-18-12)10-7-11(14)17-16-10/h2-5,7H,6H2,1H3,(H3,14,16,17).